The predicted molar refractivity (Wildman–Crippen MR) is 112 cm³/mol. The Morgan fingerprint density at radius 1 is 1.04 bits per heavy atom. The highest BCUT2D eigenvalue weighted by Gasteiger charge is 2.15. The number of fused-ring (bicyclic) bond motifs is 1. The number of aromatic nitrogens is 1. The third-order valence-electron chi connectivity index (χ3n) is 4.54. The maximum Gasteiger partial charge on any atom is 0.0541 e. The summed E-state index contributed by atoms with van der Waals surface area (Å²) < 4.78 is 2.24. The Kier molecular flexibility index (Phi) is 4.58. The number of hydrogen-bond donors (Lipinski definition) is 0. The van der Waals surface area contributed by atoms with Crippen LogP contribution in [0.3, 0.4) is 0 Å². The molecule has 0 saturated carbocycles. The number of para-hydroxylation sites is 1. The van der Waals surface area contributed by atoms with Crippen LogP contribution in [0.15, 0.2) is 74.4 Å². The molecule has 2 aromatic carbocycles. The monoisotopic (exact) mass is 325 g/mol. The van der Waals surface area contributed by atoms with Gasteiger partial charge in [0.1, 0.15) is 0 Å². The zero-order chi connectivity index (χ0) is 18.0. The van der Waals surface area contributed by atoms with Crippen molar-refractivity contribution in [2.24, 2.45) is 0 Å². The Morgan fingerprint density at radius 2 is 1.80 bits per heavy atom. The smallest absolute Gasteiger partial charge is 0.0541 e. The van der Waals surface area contributed by atoms with Gasteiger partial charge in [-0.3, -0.25) is 0 Å². The highest BCUT2D eigenvalue weighted by molar-refractivity contribution is 5.95. The van der Waals surface area contributed by atoms with Crippen molar-refractivity contribution in [3.8, 4) is 5.69 Å². The SMILES string of the molecule is C=Cc1c(C=C)n(-c2ccc(C)c(C(=C)/C=C\C)c2)c2ccccc12. The van der Waals surface area contributed by atoms with E-state index in [-0.39, 0.29) is 0 Å². The zero-order valence-electron chi connectivity index (χ0n) is 14.9. The Hall–Kier alpha value is -3.06. The topological polar surface area (TPSA) is 4.93 Å². The fourth-order valence-electron chi connectivity index (χ4n) is 3.36. The van der Waals surface area contributed by atoms with Crippen LogP contribution in [0.2, 0.25) is 0 Å². The van der Waals surface area contributed by atoms with Crippen LogP contribution in [0.4, 0.5) is 0 Å². The van der Waals surface area contributed by atoms with Crippen LogP contribution < -0.4 is 0 Å². The maximum absolute atomic E-state index is 4.20. The molecule has 0 aliphatic rings. The van der Waals surface area contributed by atoms with Crippen molar-refractivity contribution in [3.05, 3.63) is 96.7 Å². The number of rotatable bonds is 5. The second-order valence-electron chi connectivity index (χ2n) is 6.08. The Labute approximate surface area is 149 Å². The van der Waals surface area contributed by atoms with E-state index in [9.17, 15) is 0 Å². The fraction of sp³-hybridized carbons (Fsp3) is 0.0833. The van der Waals surface area contributed by atoms with Gasteiger partial charge in [0, 0.05) is 16.6 Å². The van der Waals surface area contributed by atoms with Crippen molar-refractivity contribution < 1.29 is 0 Å². The van der Waals surface area contributed by atoms with Crippen molar-refractivity contribution in [1.29, 1.82) is 0 Å². The van der Waals surface area contributed by atoms with Gasteiger partial charge in [-0.1, -0.05) is 62.2 Å². The summed E-state index contributed by atoms with van der Waals surface area (Å²) >= 11 is 0. The average molecular weight is 325 g/mol. The lowest BCUT2D eigenvalue weighted by molar-refractivity contribution is 1.10. The van der Waals surface area contributed by atoms with Gasteiger partial charge in [-0.2, -0.15) is 0 Å². The third kappa shape index (κ3) is 2.78. The van der Waals surface area contributed by atoms with Crippen LogP contribution in [0.25, 0.3) is 34.3 Å². The van der Waals surface area contributed by atoms with Gasteiger partial charge in [0.25, 0.3) is 0 Å². The van der Waals surface area contributed by atoms with Gasteiger partial charge >= 0.3 is 0 Å². The van der Waals surface area contributed by atoms with Crippen LogP contribution in [0, 0.1) is 6.92 Å². The van der Waals surface area contributed by atoms with E-state index in [4.69, 9.17) is 0 Å². The molecule has 1 heterocycles. The molecule has 0 aliphatic carbocycles. The standard InChI is InChI=1S/C24H23N/c1-6-11-17(4)22-16-19(15-14-18(22)5)25-23(8-3)20(7-2)21-12-9-10-13-24(21)25/h6-16H,2-4H2,1,5H3/b11-6-. The van der Waals surface area contributed by atoms with Gasteiger partial charge in [0.2, 0.25) is 0 Å². The summed E-state index contributed by atoms with van der Waals surface area (Å²) in [6.45, 7) is 16.4. The predicted octanol–water partition coefficient (Wildman–Crippen LogP) is 6.81. The molecule has 0 fully saturated rings. The van der Waals surface area contributed by atoms with Crippen molar-refractivity contribution in [2.45, 2.75) is 13.8 Å². The lowest BCUT2D eigenvalue weighted by Crippen LogP contribution is -1.99. The molecule has 0 atom stereocenters. The van der Waals surface area contributed by atoms with Gasteiger partial charge in [0.15, 0.2) is 0 Å². The Bertz CT molecular complexity index is 1010. The second-order valence-corrected chi connectivity index (χ2v) is 6.08. The van der Waals surface area contributed by atoms with Crippen molar-refractivity contribution >= 4 is 28.6 Å². The highest BCUT2D eigenvalue weighted by Crippen LogP contribution is 2.32. The minimum atomic E-state index is 1.02. The zero-order valence-corrected chi connectivity index (χ0v) is 14.9. The molecular weight excluding hydrogens is 302 g/mol. The lowest BCUT2D eigenvalue weighted by Gasteiger charge is -2.13. The van der Waals surface area contributed by atoms with Crippen molar-refractivity contribution in [1.82, 2.24) is 4.57 Å². The number of benzene rings is 2. The molecule has 124 valence electrons. The van der Waals surface area contributed by atoms with Gasteiger partial charge in [-0.05, 0) is 54.8 Å². The van der Waals surface area contributed by atoms with E-state index in [0.29, 0.717) is 0 Å². The van der Waals surface area contributed by atoms with E-state index in [2.05, 4.69) is 73.7 Å². The highest BCUT2D eigenvalue weighted by atomic mass is 15.0. The summed E-state index contributed by atoms with van der Waals surface area (Å²) in [5.41, 5.74) is 7.81. The first-order valence-corrected chi connectivity index (χ1v) is 8.43. The van der Waals surface area contributed by atoms with Crippen LogP contribution in [-0.4, -0.2) is 4.57 Å². The van der Waals surface area contributed by atoms with E-state index < -0.39 is 0 Å². The average Bonchev–Trinajstić information content (AvgIpc) is 2.95. The lowest BCUT2D eigenvalue weighted by atomic mass is 10.0. The van der Waals surface area contributed by atoms with E-state index in [0.717, 1.165) is 33.6 Å². The maximum atomic E-state index is 4.20. The summed E-state index contributed by atoms with van der Waals surface area (Å²) in [7, 11) is 0. The number of allylic oxidation sites excluding steroid dienone is 3. The molecule has 25 heavy (non-hydrogen) atoms. The number of aryl methyl sites for hydroxylation is 1. The molecule has 1 nitrogen and oxygen atoms in total. The molecule has 0 saturated heterocycles. The van der Waals surface area contributed by atoms with Crippen LogP contribution in [0.1, 0.15) is 29.3 Å². The van der Waals surface area contributed by atoms with Gasteiger partial charge in [0.05, 0.1) is 11.2 Å². The van der Waals surface area contributed by atoms with Crippen molar-refractivity contribution in [2.75, 3.05) is 0 Å². The molecule has 0 amide bonds. The van der Waals surface area contributed by atoms with Crippen LogP contribution in [-0.2, 0) is 0 Å². The molecule has 0 radical (unpaired) electrons. The van der Waals surface area contributed by atoms with Gasteiger partial charge < -0.3 is 4.57 Å². The van der Waals surface area contributed by atoms with Gasteiger partial charge in [-0.15, -0.1) is 0 Å². The quantitative estimate of drug-likeness (QED) is 0.454. The molecule has 0 spiro atoms. The molecule has 0 N–H and O–H groups in total. The fourth-order valence-corrected chi connectivity index (χ4v) is 3.36. The van der Waals surface area contributed by atoms with Crippen LogP contribution in [0.5, 0.6) is 0 Å². The van der Waals surface area contributed by atoms with Crippen LogP contribution >= 0.6 is 0 Å². The van der Waals surface area contributed by atoms with E-state index in [1.165, 1.54) is 10.9 Å². The normalized spacial score (nSPS) is 11.1. The molecule has 3 rings (SSSR count). The molecule has 1 heteroatoms. The first-order valence-electron chi connectivity index (χ1n) is 8.43. The van der Waals surface area contributed by atoms with E-state index in [1.54, 1.807) is 0 Å². The first-order chi connectivity index (χ1) is 12.1. The molecule has 0 unspecified atom stereocenters. The summed E-state index contributed by atoms with van der Waals surface area (Å²) in [6, 6.07) is 14.9. The molecule has 0 aliphatic heterocycles. The summed E-state index contributed by atoms with van der Waals surface area (Å²) in [6.07, 6.45) is 7.87. The van der Waals surface area contributed by atoms with Crippen molar-refractivity contribution in [3.63, 3.8) is 0 Å². The summed E-state index contributed by atoms with van der Waals surface area (Å²) in [5, 5.41) is 1.18. The van der Waals surface area contributed by atoms with Gasteiger partial charge in [-0.25, -0.2) is 0 Å². The second kappa shape index (κ2) is 6.82. The number of nitrogens with zero attached hydrogens (tertiary/aromatic N) is 1. The summed E-state index contributed by atoms with van der Waals surface area (Å²) in [4.78, 5) is 0. The Balaban J connectivity index is 2.34. The van der Waals surface area contributed by atoms with E-state index in [1.807, 2.05) is 31.2 Å². The largest absolute Gasteiger partial charge is 0.309 e. The minimum Gasteiger partial charge on any atom is -0.309 e. The third-order valence-corrected chi connectivity index (χ3v) is 4.54. The molecule has 0 bridgehead atoms. The Morgan fingerprint density at radius 3 is 2.48 bits per heavy atom. The molecule has 3 aromatic rings. The molecule has 1 aromatic heterocycles. The first kappa shape index (κ1) is 16.8. The van der Waals surface area contributed by atoms with E-state index >= 15 is 0 Å². The minimum absolute atomic E-state index is 1.02. The molecular formula is C24H23N. The number of hydrogen-bond acceptors (Lipinski definition) is 0. The summed E-state index contributed by atoms with van der Waals surface area (Å²) in [5.74, 6) is 0.